The van der Waals surface area contributed by atoms with E-state index in [1.807, 2.05) is 0 Å². The second kappa shape index (κ2) is 5.53. The van der Waals surface area contributed by atoms with Crippen molar-refractivity contribution in [1.29, 1.82) is 0 Å². The third-order valence-electron chi connectivity index (χ3n) is 3.73. The summed E-state index contributed by atoms with van der Waals surface area (Å²) in [5.41, 5.74) is -1.26. The van der Waals surface area contributed by atoms with Crippen LogP contribution in [0.1, 0.15) is 19.3 Å². The average molecular weight is 322 g/mol. The van der Waals surface area contributed by atoms with Crippen LogP contribution in [0.25, 0.3) is 0 Å². The number of nitrogens with one attached hydrogen (secondary N) is 1. The van der Waals surface area contributed by atoms with Gasteiger partial charge in [0.25, 0.3) is 0 Å². The number of carboxylic acid groups (broad SMARTS) is 1. The Morgan fingerprint density at radius 1 is 1.45 bits per heavy atom. The third kappa shape index (κ3) is 2.94. The van der Waals surface area contributed by atoms with E-state index in [0.29, 0.717) is 37.3 Å². The summed E-state index contributed by atoms with van der Waals surface area (Å²) in [7, 11) is -3.45. The fourth-order valence-corrected chi connectivity index (χ4v) is 5.05. The third-order valence-corrected chi connectivity index (χ3v) is 6.20. The van der Waals surface area contributed by atoms with Gasteiger partial charge in [-0.2, -0.15) is 16.1 Å². The smallest absolute Gasteiger partial charge is 0.330 e. The van der Waals surface area contributed by atoms with Crippen molar-refractivity contribution in [2.75, 3.05) is 24.3 Å². The van der Waals surface area contributed by atoms with E-state index in [1.54, 1.807) is 0 Å². The first-order chi connectivity index (χ1) is 9.26. The molecule has 1 amide bonds. The van der Waals surface area contributed by atoms with Gasteiger partial charge >= 0.3 is 5.97 Å². The number of sulfonamides is 1. The number of aliphatic carboxylic acids is 1. The molecule has 0 aliphatic carbocycles. The predicted octanol–water partition coefficient (Wildman–Crippen LogP) is -0.513. The maximum absolute atomic E-state index is 12.3. The van der Waals surface area contributed by atoms with E-state index in [4.69, 9.17) is 0 Å². The van der Waals surface area contributed by atoms with Crippen LogP contribution in [-0.4, -0.2) is 65.6 Å². The molecule has 114 valence electrons. The lowest BCUT2D eigenvalue weighted by molar-refractivity contribution is -0.147. The molecule has 0 aromatic carbocycles. The highest BCUT2D eigenvalue weighted by Gasteiger charge is 2.46. The van der Waals surface area contributed by atoms with Crippen LogP contribution in [0.5, 0.6) is 0 Å². The van der Waals surface area contributed by atoms with Gasteiger partial charge in [-0.25, -0.2) is 13.2 Å². The summed E-state index contributed by atoms with van der Waals surface area (Å²) in [6.07, 6.45) is 2.48. The Morgan fingerprint density at radius 2 is 2.15 bits per heavy atom. The van der Waals surface area contributed by atoms with Crippen LogP contribution in [0.3, 0.4) is 0 Å². The van der Waals surface area contributed by atoms with Crippen molar-refractivity contribution in [3.8, 4) is 0 Å². The Labute approximate surface area is 122 Å². The summed E-state index contributed by atoms with van der Waals surface area (Å²) >= 11 is 1.47. The van der Waals surface area contributed by atoms with E-state index in [2.05, 4.69) is 5.32 Å². The number of carboxylic acids is 1. The lowest BCUT2D eigenvalue weighted by Crippen LogP contribution is -2.59. The molecule has 0 aromatic heterocycles. The van der Waals surface area contributed by atoms with Crippen molar-refractivity contribution < 1.29 is 23.1 Å². The highest BCUT2D eigenvalue weighted by atomic mass is 32.2. The molecule has 2 aliphatic heterocycles. The molecule has 2 heterocycles. The van der Waals surface area contributed by atoms with Crippen LogP contribution in [0.15, 0.2) is 0 Å². The zero-order chi connectivity index (χ0) is 15.0. The van der Waals surface area contributed by atoms with Gasteiger partial charge in [-0.05, 0) is 25.0 Å². The van der Waals surface area contributed by atoms with E-state index in [0.717, 1.165) is 10.6 Å². The summed E-state index contributed by atoms with van der Waals surface area (Å²) in [4.78, 5) is 23.7. The van der Waals surface area contributed by atoms with Crippen molar-refractivity contribution in [2.45, 2.75) is 30.8 Å². The highest BCUT2D eigenvalue weighted by molar-refractivity contribution is 7.99. The monoisotopic (exact) mass is 322 g/mol. The van der Waals surface area contributed by atoms with Gasteiger partial charge < -0.3 is 10.4 Å². The molecule has 2 rings (SSSR count). The van der Waals surface area contributed by atoms with Crippen molar-refractivity contribution in [2.24, 2.45) is 0 Å². The summed E-state index contributed by atoms with van der Waals surface area (Å²) < 4.78 is 24.4. The minimum Gasteiger partial charge on any atom is -0.479 e. The number of carbonyl (C=O) groups excluding carboxylic acids is 1. The maximum atomic E-state index is 12.3. The van der Waals surface area contributed by atoms with E-state index >= 15 is 0 Å². The van der Waals surface area contributed by atoms with E-state index in [-0.39, 0.29) is 0 Å². The predicted molar refractivity (Wildman–Crippen MR) is 75.0 cm³/mol. The Morgan fingerprint density at radius 3 is 2.65 bits per heavy atom. The summed E-state index contributed by atoms with van der Waals surface area (Å²) in [6.45, 7) is 0.311. The molecule has 2 unspecified atom stereocenters. The second-order valence-electron chi connectivity index (χ2n) is 5.21. The van der Waals surface area contributed by atoms with Crippen LogP contribution < -0.4 is 5.32 Å². The van der Waals surface area contributed by atoms with Gasteiger partial charge in [0.15, 0.2) is 0 Å². The zero-order valence-corrected chi connectivity index (χ0v) is 12.8. The largest absolute Gasteiger partial charge is 0.479 e. The molecule has 9 heteroatoms. The number of rotatable bonds is 4. The Hall–Kier alpha value is -0.800. The number of carbonyl (C=O) groups is 2. The maximum Gasteiger partial charge on any atom is 0.330 e. The number of thioether (sulfide) groups is 1. The molecule has 2 fully saturated rings. The second-order valence-corrected chi connectivity index (χ2v) is 8.25. The molecule has 2 atom stereocenters. The van der Waals surface area contributed by atoms with Gasteiger partial charge in [0.05, 0.1) is 6.26 Å². The van der Waals surface area contributed by atoms with Crippen LogP contribution in [-0.2, 0) is 19.6 Å². The lowest BCUT2D eigenvalue weighted by atomic mass is 9.98. The Balaban J connectivity index is 2.13. The van der Waals surface area contributed by atoms with Gasteiger partial charge in [-0.15, -0.1) is 0 Å². The quantitative estimate of drug-likeness (QED) is 0.722. The molecule has 7 nitrogen and oxygen atoms in total. The SMILES string of the molecule is CS(=O)(=O)N1CCCC1C(=O)NC1(C(=O)O)CCSC1. The Bertz CT molecular complexity index is 513. The average Bonchev–Trinajstić information content (AvgIpc) is 2.96. The summed E-state index contributed by atoms with van der Waals surface area (Å²) in [5, 5.41) is 11.9. The fourth-order valence-electron chi connectivity index (χ4n) is 2.60. The molecule has 0 bridgehead atoms. The molecule has 0 aromatic rings. The number of hydrogen-bond donors (Lipinski definition) is 2. The summed E-state index contributed by atoms with van der Waals surface area (Å²) in [6, 6.07) is -0.785. The standard InChI is InChI=1S/C11H18N2O5S2/c1-20(17,18)13-5-2-3-8(13)9(14)12-11(10(15)16)4-6-19-7-11/h8H,2-7H2,1H3,(H,12,14)(H,15,16). The van der Waals surface area contributed by atoms with Crippen LogP contribution in [0.2, 0.25) is 0 Å². The van der Waals surface area contributed by atoms with Crippen LogP contribution >= 0.6 is 11.8 Å². The number of hydrogen-bond acceptors (Lipinski definition) is 5. The number of amides is 1. The van der Waals surface area contributed by atoms with Gasteiger partial charge in [0, 0.05) is 12.3 Å². The van der Waals surface area contributed by atoms with E-state index in [9.17, 15) is 23.1 Å². The molecule has 2 N–H and O–H groups in total. The topological polar surface area (TPSA) is 104 Å². The van der Waals surface area contributed by atoms with Crippen molar-refractivity contribution in [3.63, 3.8) is 0 Å². The van der Waals surface area contributed by atoms with Crippen molar-refractivity contribution >= 4 is 33.7 Å². The first-order valence-corrected chi connectivity index (χ1v) is 9.36. The van der Waals surface area contributed by atoms with Crippen LogP contribution in [0, 0.1) is 0 Å². The van der Waals surface area contributed by atoms with Crippen molar-refractivity contribution in [3.05, 3.63) is 0 Å². The van der Waals surface area contributed by atoms with E-state index in [1.165, 1.54) is 11.8 Å². The summed E-state index contributed by atoms with van der Waals surface area (Å²) in [5.74, 6) is -0.565. The first-order valence-electron chi connectivity index (χ1n) is 6.36. The van der Waals surface area contributed by atoms with Gasteiger partial charge in [-0.1, -0.05) is 0 Å². The molecular weight excluding hydrogens is 304 g/mol. The van der Waals surface area contributed by atoms with Crippen LogP contribution in [0.4, 0.5) is 0 Å². The lowest BCUT2D eigenvalue weighted by Gasteiger charge is -2.28. The molecule has 2 saturated heterocycles. The number of nitrogens with zero attached hydrogens (tertiary/aromatic N) is 1. The molecular formula is C11H18N2O5S2. The Kier molecular flexibility index (Phi) is 4.31. The molecule has 20 heavy (non-hydrogen) atoms. The normalized spacial score (nSPS) is 31.4. The van der Waals surface area contributed by atoms with Gasteiger partial charge in [-0.3, -0.25) is 4.79 Å². The molecule has 0 saturated carbocycles. The van der Waals surface area contributed by atoms with Gasteiger partial charge in [0.2, 0.25) is 15.9 Å². The minimum absolute atomic E-state index is 0.311. The highest BCUT2D eigenvalue weighted by Crippen LogP contribution is 2.29. The zero-order valence-electron chi connectivity index (χ0n) is 11.2. The minimum atomic E-state index is -3.45. The van der Waals surface area contributed by atoms with E-state index < -0.39 is 33.5 Å². The molecule has 2 aliphatic rings. The molecule has 0 radical (unpaired) electrons. The van der Waals surface area contributed by atoms with Gasteiger partial charge in [0.1, 0.15) is 11.6 Å². The first kappa shape index (κ1) is 15.6. The van der Waals surface area contributed by atoms with Crippen molar-refractivity contribution in [1.82, 2.24) is 9.62 Å². The fraction of sp³-hybridized carbons (Fsp3) is 0.818. The molecule has 0 spiro atoms.